The Morgan fingerprint density at radius 2 is 2.17 bits per heavy atom. The molecule has 0 saturated heterocycles. The van der Waals surface area contributed by atoms with E-state index in [0.717, 1.165) is 17.7 Å². The lowest BCUT2D eigenvalue weighted by molar-refractivity contribution is 0.0912. The third-order valence-electron chi connectivity index (χ3n) is 3.49. The number of nitrogens with two attached hydrogens (primary N) is 1. The molecule has 0 bridgehead atoms. The van der Waals surface area contributed by atoms with Crippen molar-refractivity contribution in [3.63, 3.8) is 0 Å². The summed E-state index contributed by atoms with van der Waals surface area (Å²) in [5.74, 6) is 0.516. The van der Waals surface area contributed by atoms with Crippen LogP contribution < -0.4 is 11.1 Å². The number of hydrogen-bond donors (Lipinski definition) is 2. The summed E-state index contributed by atoms with van der Waals surface area (Å²) in [6, 6.07) is 4.15. The van der Waals surface area contributed by atoms with Crippen molar-refractivity contribution in [1.29, 1.82) is 0 Å². The van der Waals surface area contributed by atoms with Gasteiger partial charge < -0.3 is 11.1 Å². The smallest absolute Gasteiger partial charge is 0.261 e. The lowest BCUT2D eigenvalue weighted by Gasteiger charge is -2.31. The van der Waals surface area contributed by atoms with Crippen molar-refractivity contribution in [2.24, 2.45) is 11.7 Å². The second kappa shape index (κ2) is 7.12. The summed E-state index contributed by atoms with van der Waals surface area (Å²) in [4.78, 5) is 14.0. The van der Waals surface area contributed by atoms with Gasteiger partial charge >= 0.3 is 0 Å². The number of hydrogen-bond acceptors (Lipinski definition) is 3. The molecule has 1 aliphatic rings. The molecule has 3 nitrogen and oxygen atoms in total. The highest BCUT2D eigenvalue weighted by atomic mass is 35.5. The fourth-order valence-corrected chi connectivity index (χ4v) is 3.25. The molecule has 0 aromatic carbocycles. The van der Waals surface area contributed by atoms with E-state index in [1.165, 1.54) is 17.7 Å². The summed E-state index contributed by atoms with van der Waals surface area (Å²) in [5.41, 5.74) is 5.76. The average Bonchev–Trinajstić information content (AvgIpc) is 2.77. The van der Waals surface area contributed by atoms with Gasteiger partial charge in [0, 0.05) is 10.9 Å². The lowest BCUT2D eigenvalue weighted by Crippen LogP contribution is -2.44. The largest absolute Gasteiger partial charge is 0.348 e. The third kappa shape index (κ3) is 3.70. The Bertz CT molecular complexity index is 394. The monoisotopic (exact) mass is 288 g/mol. The molecule has 5 heteroatoms. The van der Waals surface area contributed by atoms with Gasteiger partial charge in [0.2, 0.25) is 0 Å². The molecule has 0 radical (unpaired) electrons. The normalized spacial score (nSPS) is 23.2. The Hall–Kier alpha value is -0.580. The van der Waals surface area contributed by atoms with Crippen LogP contribution >= 0.6 is 23.7 Å². The molecule has 2 rings (SSSR count). The van der Waals surface area contributed by atoms with Gasteiger partial charge in [-0.1, -0.05) is 12.8 Å². The predicted molar refractivity (Wildman–Crippen MR) is 78.6 cm³/mol. The third-order valence-corrected chi connectivity index (χ3v) is 4.49. The van der Waals surface area contributed by atoms with Gasteiger partial charge in [-0.3, -0.25) is 4.79 Å². The van der Waals surface area contributed by atoms with Crippen LogP contribution in [0.15, 0.2) is 12.1 Å². The SMILES string of the molecule is Cc1ccc(C(=O)NC2CCCCC2CN)s1.Cl. The Morgan fingerprint density at radius 1 is 1.44 bits per heavy atom. The zero-order valence-corrected chi connectivity index (χ0v) is 12.3. The summed E-state index contributed by atoms with van der Waals surface area (Å²) < 4.78 is 0. The summed E-state index contributed by atoms with van der Waals surface area (Å²) in [5, 5.41) is 3.14. The molecule has 1 aromatic rings. The zero-order chi connectivity index (χ0) is 12.3. The first-order chi connectivity index (χ1) is 8.20. The van der Waals surface area contributed by atoms with Crippen molar-refractivity contribution in [1.82, 2.24) is 5.32 Å². The van der Waals surface area contributed by atoms with E-state index in [2.05, 4.69) is 5.32 Å². The molecule has 1 aliphatic carbocycles. The van der Waals surface area contributed by atoms with Gasteiger partial charge in [-0.15, -0.1) is 23.7 Å². The zero-order valence-electron chi connectivity index (χ0n) is 10.6. The van der Waals surface area contributed by atoms with Crippen molar-refractivity contribution in [3.05, 3.63) is 21.9 Å². The number of rotatable bonds is 3. The minimum atomic E-state index is 0. The topological polar surface area (TPSA) is 55.1 Å². The molecule has 18 heavy (non-hydrogen) atoms. The number of halogens is 1. The summed E-state index contributed by atoms with van der Waals surface area (Å²) in [6.45, 7) is 2.69. The molecule has 2 unspecified atom stereocenters. The molecule has 1 heterocycles. The van der Waals surface area contributed by atoms with Gasteiger partial charge in [0.05, 0.1) is 4.88 Å². The minimum Gasteiger partial charge on any atom is -0.348 e. The van der Waals surface area contributed by atoms with Crippen molar-refractivity contribution in [2.45, 2.75) is 38.6 Å². The molecule has 1 fully saturated rings. The summed E-state index contributed by atoms with van der Waals surface area (Å²) >= 11 is 1.55. The molecular formula is C13H21ClN2OS. The van der Waals surface area contributed by atoms with Crippen molar-refractivity contribution < 1.29 is 4.79 Å². The molecule has 1 amide bonds. The first-order valence-corrected chi connectivity index (χ1v) is 7.09. The van der Waals surface area contributed by atoms with Gasteiger partial charge in [0.15, 0.2) is 0 Å². The number of carbonyl (C=O) groups excluding carboxylic acids is 1. The molecule has 1 aromatic heterocycles. The van der Waals surface area contributed by atoms with E-state index >= 15 is 0 Å². The molecule has 0 aliphatic heterocycles. The highest BCUT2D eigenvalue weighted by Crippen LogP contribution is 2.24. The van der Waals surface area contributed by atoms with Crippen LogP contribution in [-0.2, 0) is 0 Å². The fraction of sp³-hybridized carbons (Fsp3) is 0.615. The second-order valence-corrected chi connectivity index (χ2v) is 6.06. The van der Waals surface area contributed by atoms with Gasteiger partial charge in [0.1, 0.15) is 0 Å². The van der Waals surface area contributed by atoms with Gasteiger partial charge in [-0.2, -0.15) is 0 Å². The van der Waals surface area contributed by atoms with Crippen LogP contribution in [0.2, 0.25) is 0 Å². The number of thiophene rings is 1. The maximum absolute atomic E-state index is 12.0. The highest BCUT2D eigenvalue weighted by Gasteiger charge is 2.25. The van der Waals surface area contributed by atoms with Crippen LogP contribution in [0.4, 0.5) is 0 Å². The maximum atomic E-state index is 12.0. The van der Waals surface area contributed by atoms with E-state index in [-0.39, 0.29) is 24.4 Å². The van der Waals surface area contributed by atoms with E-state index in [4.69, 9.17) is 5.73 Å². The van der Waals surface area contributed by atoms with Crippen molar-refractivity contribution in [2.75, 3.05) is 6.54 Å². The van der Waals surface area contributed by atoms with Gasteiger partial charge in [-0.05, 0) is 44.4 Å². The van der Waals surface area contributed by atoms with Crippen LogP contribution in [0.25, 0.3) is 0 Å². The number of aryl methyl sites for hydroxylation is 1. The van der Waals surface area contributed by atoms with Crippen LogP contribution in [0.5, 0.6) is 0 Å². The Kier molecular flexibility index (Phi) is 6.12. The molecule has 1 saturated carbocycles. The average molecular weight is 289 g/mol. The van der Waals surface area contributed by atoms with E-state index in [9.17, 15) is 4.79 Å². The Balaban J connectivity index is 0.00000162. The van der Waals surface area contributed by atoms with Crippen molar-refractivity contribution in [3.8, 4) is 0 Å². The quantitative estimate of drug-likeness (QED) is 0.898. The molecule has 3 N–H and O–H groups in total. The first-order valence-electron chi connectivity index (χ1n) is 6.28. The fourth-order valence-electron chi connectivity index (χ4n) is 2.48. The Morgan fingerprint density at radius 3 is 2.78 bits per heavy atom. The second-order valence-electron chi connectivity index (χ2n) is 4.77. The van der Waals surface area contributed by atoms with Crippen LogP contribution in [-0.4, -0.2) is 18.5 Å². The van der Waals surface area contributed by atoms with Crippen molar-refractivity contribution >= 4 is 29.7 Å². The summed E-state index contributed by atoms with van der Waals surface area (Å²) in [6.07, 6.45) is 4.65. The van der Waals surface area contributed by atoms with Crippen LogP contribution in [0, 0.1) is 12.8 Å². The van der Waals surface area contributed by atoms with E-state index < -0.39 is 0 Å². The molecule has 102 valence electrons. The predicted octanol–water partition coefficient (Wildman–Crippen LogP) is 2.73. The number of amides is 1. The van der Waals surface area contributed by atoms with E-state index in [0.29, 0.717) is 12.5 Å². The minimum absolute atomic E-state index is 0. The molecular weight excluding hydrogens is 268 g/mol. The number of nitrogens with one attached hydrogen (secondary N) is 1. The first kappa shape index (κ1) is 15.5. The molecule has 0 spiro atoms. The number of carbonyl (C=O) groups is 1. The maximum Gasteiger partial charge on any atom is 0.261 e. The highest BCUT2D eigenvalue weighted by molar-refractivity contribution is 7.13. The van der Waals surface area contributed by atoms with Gasteiger partial charge in [0.25, 0.3) is 5.91 Å². The standard InChI is InChI=1S/C13H20N2OS.ClH/c1-9-6-7-12(17-9)13(16)15-11-5-3-2-4-10(11)8-14;/h6-7,10-11H,2-5,8,14H2,1H3,(H,15,16);1H. The van der Waals surface area contributed by atoms with E-state index in [1.54, 1.807) is 11.3 Å². The summed E-state index contributed by atoms with van der Waals surface area (Å²) in [7, 11) is 0. The lowest BCUT2D eigenvalue weighted by atomic mass is 9.84. The van der Waals surface area contributed by atoms with E-state index in [1.807, 2.05) is 19.1 Å². The molecule has 2 atom stereocenters. The van der Waals surface area contributed by atoms with Crippen LogP contribution in [0.3, 0.4) is 0 Å². The van der Waals surface area contributed by atoms with Gasteiger partial charge in [-0.25, -0.2) is 0 Å². The van der Waals surface area contributed by atoms with Crippen LogP contribution in [0.1, 0.15) is 40.2 Å². The Labute approximate surface area is 119 Å².